The molecule has 0 amide bonds. The van der Waals surface area contributed by atoms with E-state index in [1.165, 1.54) is 11.3 Å². The lowest BCUT2D eigenvalue weighted by atomic mass is 10.2. The molecule has 0 aliphatic carbocycles. The molecule has 1 aliphatic rings. The molecular formula is C22H35IN6. The Hall–Kier alpha value is -1.74. The Morgan fingerprint density at radius 2 is 1.69 bits per heavy atom. The number of halogens is 1. The maximum Gasteiger partial charge on any atom is 0.191 e. The minimum absolute atomic E-state index is 0. The van der Waals surface area contributed by atoms with Crippen molar-refractivity contribution in [3.63, 3.8) is 0 Å². The zero-order chi connectivity index (χ0) is 19.6. The number of piperazine rings is 1. The van der Waals surface area contributed by atoms with Gasteiger partial charge in [0.1, 0.15) is 0 Å². The molecule has 0 atom stereocenters. The second-order valence-electron chi connectivity index (χ2n) is 7.37. The van der Waals surface area contributed by atoms with Crippen LogP contribution in [0.1, 0.15) is 12.0 Å². The van der Waals surface area contributed by atoms with Crippen LogP contribution in [-0.4, -0.2) is 68.3 Å². The van der Waals surface area contributed by atoms with Crippen molar-refractivity contribution in [2.75, 3.05) is 57.8 Å². The van der Waals surface area contributed by atoms with Gasteiger partial charge in [-0.1, -0.05) is 12.1 Å². The monoisotopic (exact) mass is 510 g/mol. The molecule has 1 aromatic carbocycles. The predicted octanol–water partition coefficient (Wildman–Crippen LogP) is 2.79. The third kappa shape index (κ3) is 7.89. The Bertz CT molecular complexity index is 723. The maximum absolute atomic E-state index is 4.31. The summed E-state index contributed by atoms with van der Waals surface area (Å²) in [6.07, 6.45) is 5.29. The predicted molar refractivity (Wildman–Crippen MR) is 134 cm³/mol. The number of hydrogen-bond acceptors (Lipinski definition) is 3. The zero-order valence-corrected chi connectivity index (χ0v) is 20.0. The third-order valence-electron chi connectivity index (χ3n) is 5.23. The fourth-order valence-electron chi connectivity index (χ4n) is 3.61. The number of guanidine groups is 1. The average molecular weight is 510 g/mol. The first-order chi connectivity index (χ1) is 13.7. The molecule has 1 aromatic heterocycles. The van der Waals surface area contributed by atoms with Crippen molar-refractivity contribution in [1.82, 2.24) is 20.1 Å². The highest BCUT2D eigenvalue weighted by Crippen LogP contribution is 2.17. The number of aryl methyl sites for hydroxylation is 1. The molecular weight excluding hydrogens is 475 g/mol. The summed E-state index contributed by atoms with van der Waals surface area (Å²) < 4.78 is 2.16. The van der Waals surface area contributed by atoms with Gasteiger partial charge in [0.25, 0.3) is 0 Å². The lowest BCUT2D eigenvalue weighted by Gasteiger charge is -2.36. The van der Waals surface area contributed by atoms with Gasteiger partial charge in [0.2, 0.25) is 0 Å². The number of aliphatic imine (C=N–C) groups is 1. The summed E-state index contributed by atoms with van der Waals surface area (Å²) in [4.78, 5) is 9.37. The van der Waals surface area contributed by atoms with Gasteiger partial charge in [-0.15, -0.1) is 24.0 Å². The summed E-state index contributed by atoms with van der Waals surface area (Å²) >= 11 is 0. The van der Waals surface area contributed by atoms with Gasteiger partial charge in [0.05, 0.1) is 0 Å². The highest BCUT2D eigenvalue weighted by Gasteiger charge is 2.16. The van der Waals surface area contributed by atoms with Crippen LogP contribution in [0.5, 0.6) is 0 Å². The van der Waals surface area contributed by atoms with E-state index >= 15 is 0 Å². The second-order valence-corrected chi connectivity index (χ2v) is 7.37. The van der Waals surface area contributed by atoms with Crippen LogP contribution in [-0.2, 0) is 6.54 Å². The fourth-order valence-corrected chi connectivity index (χ4v) is 3.61. The molecule has 2 N–H and O–H groups in total. The topological polar surface area (TPSA) is 47.8 Å². The highest BCUT2D eigenvalue weighted by atomic mass is 127. The number of rotatable bonds is 8. The molecule has 1 saturated heterocycles. The van der Waals surface area contributed by atoms with Crippen LogP contribution in [0.3, 0.4) is 0 Å². The molecule has 0 spiro atoms. The second kappa shape index (κ2) is 12.7. The minimum Gasteiger partial charge on any atom is -0.369 e. The van der Waals surface area contributed by atoms with Gasteiger partial charge in [-0.05, 0) is 49.7 Å². The Labute approximate surface area is 192 Å². The van der Waals surface area contributed by atoms with E-state index in [0.717, 1.165) is 64.7 Å². The summed E-state index contributed by atoms with van der Waals surface area (Å²) in [6, 6.07) is 12.9. The molecule has 0 saturated carbocycles. The molecule has 0 radical (unpaired) electrons. The lowest BCUT2D eigenvalue weighted by Crippen LogP contribution is -2.47. The minimum atomic E-state index is 0. The van der Waals surface area contributed by atoms with Crippen molar-refractivity contribution in [3.8, 4) is 0 Å². The van der Waals surface area contributed by atoms with E-state index in [1.54, 1.807) is 0 Å². The SMILES string of the molecule is CN=C(NCCCN1CCN(c2cccc(C)c2)CC1)NCCn1cccc1.I. The van der Waals surface area contributed by atoms with Crippen LogP contribution in [0.15, 0.2) is 53.8 Å². The molecule has 0 unspecified atom stereocenters. The van der Waals surface area contributed by atoms with Crippen LogP contribution in [0.25, 0.3) is 0 Å². The summed E-state index contributed by atoms with van der Waals surface area (Å²) in [5.74, 6) is 0.886. The Kier molecular flexibility index (Phi) is 10.3. The largest absolute Gasteiger partial charge is 0.369 e. The first-order valence-electron chi connectivity index (χ1n) is 10.3. The first kappa shape index (κ1) is 23.5. The molecule has 6 nitrogen and oxygen atoms in total. The average Bonchev–Trinajstić information content (AvgIpc) is 3.24. The van der Waals surface area contributed by atoms with Crippen molar-refractivity contribution >= 4 is 35.6 Å². The summed E-state index contributed by atoms with van der Waals surface area (Å²) in [5.41, 5.74) is 2.69. The van der Waals surface area contributed by atoms with Crippen LogP contribution in [0, 0.1) is 6.92 Å². The molecule has 1 fully saturated rings. The van der Waals surface area contributed by atoms with Crippen LogP contribution in [0.4, 0.5) is 5.69 Å². The summed E-state index contributed by atoms with van der Waals surface area (Å²) in [6.45, 7) is 10.6. The lowest BCUT2D eigenvalue weighted by molar-refractivity contribution is 0.255. The molecule has 7 heteroatoms. The van der Waals surface area contributed by atoms with Gasteiger partial charge in [0.15, 0.2) is 5.96 Å². The molecule has 2 aromatic rings. The molecule has 160 valence electrons. The van der Waals surface area contributed by atoms with Gasteiger partial charge in [-0.25, -0.2) is 0 Å². The van der Waals surface area contributed by atoms with E-state index in [2.05, 4.69) is 73.6 Å². The van der Waals surface area contributed by atoms with E-state index in [9.17, 15) is 0 Å². The summed E-state index contributed by atoms with van der Waals surface area (Å²) in [5, 5.41) is 6.79. The first-order valence-corrected chi connectivity index (χ1v) is 10.3. The number of anilines is 1. The normalized spacial score (nSPS) is 15.1. The quantitative estimate of drug-likeness (QED) is 0.248. The van der Waals surface area contributed by atoms with Crippen molar-refractivity contribution in [2.45, 2.75) is 19.9 Å². The fraction of sp³-hybridized carbons (Fsp3) is 0.500. The third-order valence-corrected chi connectivity index (χ3v) is 5.23. The Morgan fingerprint density at radius 1 is 0.966 bits per heavy atom. The number of nitrogens with one attached hydrogen (secondary N) is 2. The molecule has 29 heavy (non-hydrogen) atoms. The molecule has 0 bridgehead atoms. The number of hydrogen-bond donors (Lipinski definition) is 2. The van der Waals surface area contributed by atoms with E-state index in [4.69, 9.17) is 0 Å². The van der Waals surface area contributed by atoms with Crippen molar-refractivity contribution < 1.29 is 0 Å². The van der Waals surface area contributed by atoms with Gasteiger partial charge < -0.3 is 20.1 Å². The number of nitrogens with zero attached hydrogens (tertiary/aromatic N) is 4. The van der Waals surface area contributed by atoms with Crippen LogP contribution >= 0.6 is 24.0 Å². The molecule has 1 aliphatic heterocycles. The van der Waals surface area contributed by atoms with Gasteiger partial charge >= 0.3 is 0 Å². The number of aromatic nitrogens is 1. The van der Waals surface area contributed by atoms with E-state index in [1.807, 2.05) is 19.2 Å². The maximum atomic E-state index is 4.31. The van der Waals surface area contributed by atoms with E-state index in [0.29, 0.717) is 0 Å². The van der Waals surface area contributed by atoms with Gasteiger partial charge in [0, 0.05) is 70.9 Å². The highest BCUT2D eigenvalue weighted by molar-refractivity contribution is 14.0. The van der Waals surface area contributed by atoms with Crippen molar-refractivity contribution in [3.05, 3.63) is 54.4 Å². The smallest absolute Gasteiger partial charge is 0.191 e. The van der Waals surface area contributed by atoms with Crippen molar-refractivity contribution in [1.29, 1.82) is 0 Å². The zero-order valence-electron chi connectivity index (χ0n) is 17.7. The number of benzene rings is 1. The van der Waals surface area contributed by atoms with Crippen LogP contribution in [0.2, 0.25) is 0 Å². The standard InChI is InChI=1S/C22H34N6.HI/c1-20-7-5-8-21(19-20)28-17-15-27(16-18-28)13-6-9-24-22(23-2)25-10-14-26-11-3-4-12-26;/h3-5,7-8,11-12,19H,6,9-10,13-18H2,1-2H3,(H2,23,24,25);1H. The summed E-state index contributed by atoms with van der Waals surface area (Å²) in [7, 11) is 1.83. The van der Waals surface area contributed by atoms with Crippen molar-refractivity contribution in [2.24, 2.45) is 4.99 Å². The van der Waals surface area contributed by atoms with E-state index in [-0.39, 0.29) is 24.0 Å². The Morgan fingerprint density at radius 3 is 2.38 bits per heavy atom. The Balaban J connectivity index is 0.00000300. The molecule has 3 rings (SSSR count). The molecule has 2 heterocycles. The van der Waals surface area contributed by atoms with Gasteiger partial charge in [-0.2, -0.15) is 0 Å². The van der Waals surface area contributed by atoms with Crippen LogP contribution < -0.4 is 15.5 Å². The van der Waals surface area contributed by atoms with E-state index < -0.39 is 0 Å². The van der Waals surface area contributed by atoms with Gasteiger partial charge in [-0.3, -0.25) is 9.89 Å².